The van der Waals surface area contributed by atoms with E-state index in [1.54, 1.807) is 10.8 Å². The van der Waals surface area contributed by atoms with Gasteiger partial charge in [0.05, 0.1) is 6.20 Å². The topological polar surface area (TPSA) is 105 Å². The average molecular weight is 496 g/mol. The van der Waals surface area contributed by atoms with Gasteiger partial charge in [-0.25, -0.2) is 21.9 Å². The van der Waals surface area contributed by atoms with Gasteiger partial charge >= 0.3 is 0 Å². The lowest BCUT2D eigenvalue weighted by atomic mass is 9.99. The lowest BCUT2D eigenvalue weighted by Gasteiger charge is -2.14. The molecule has 35 heavy (non-hydrogen) atoms. The van der Waals surface area contributed by atoms with E-state index in [0.29, 0.717) is 12.1 Å². The van der Waals surface area contributed by atoms with Crippen LogP contribution in [0.5, 0.6) is 5.75 Å². The van der Waals surface area contributed by atoms with Crippen LogP contribution < -0.4 is 10.2 Å². The van der Waals surface area contributed by atoms with Crippen molar-refractivity contribution in [1.82, 2.24) is 9.29 Å². The summed E-state index contributed by atoms with van der Waals surface area (Å²) in [5.41, 5.74) is 0.783. The van der Waals surface area contributed by atoms with Gasteiger partial charge in [0.15, 0.2) is 5.75 Å². The fourth-order valence-corrected chi connectivity index (χ4v) is 4.59. The maximum atomic E-state index is 13.9. The highest BCUT2D eigenvalue weighted by atomic mass is 32.2. The van der Waals surface area contributed by atoms with E-state index >= 15 is 0 Å². The minimum absolute atomic E-state index is 0.129. The zero-order valence-corrected chi connectivity index (χ0v) is 18.8. The van der Waals surface area contributed by atoms with Crippen molar-refractivity contribution in [2.75, 3.05) is 0 Å². The maximum Gasteiger partial charge on any atom is 0.270 e. The van der Waals surface area contributed by atoms with Crippen molar-refractivity contribution < 1.29 is 27.1 Å². The average Bonchev–Trinajstić information content (AvgIpc) is 2.83. The molecule has 178 valence electrons. The van der Waals surface area contributed by atoms with Gasteiger partial charge in [-0.2, -0.15) is 0 Å². The summed E-state index contributed by atoms with van der Waals surface area (Å²) in [5, 5.41) is 10.1. The Labute approximate surface area is 199 Å². The van der Waals surface area contributed by atoms with E-state index in [1.165, 1.54) is 4.57 Å². The molecule has 0 aliphatic rings. The molecule has 3 aromatic carbocycles. The van der Waals surface area contributed by atoms with E-state index in [9.17, 15) is 31.9 Å². The highest BCUT2D eigenvalue weighted by Crippen LogP contribution is 2.24. The summed E-state index contributed by atoms with van der Waals surface area (Å²) in [7, 11) is -4.85. The number of sulfonamides is 1. The van der Waals surface area contributed by atoms with Crippen LogP contribution in [0.3, 0.4) is 0 Å². The van der Waals surface area contributed by atoms with Crippen molar-refractivity contribution in [1.29, 1.82) is 0 Å². The first-order chi connectivity index (χ1) is 16.7. The van der Waals surface area contributed by atoms with Gasteiger partial charge < -0.3 is 9.67 Å². The number of aromatic hydroxyl groups is 1. The fourth-order valence-electron chi connectivity index (χ4n) is 3.54. The van der Waals surface area contributed by atoms with E-state index in [2.05, 4.69) is 0 Å². The Morgan fingerprint density at radius 2 is 1.63 bits per heavy atom. The Bertz CT molecular complexity index is 1590. The van der Waals surface area contributed by atoms with Gasteiger partial charge in [0.1, 0.15) is 22.1 Å². The lowest BCUT2D eigenvalue weighted by Crippen LogP contribution is -2.34. The maximum absolute atomic E-state index is 13.9. The summed E-state index contributed by atoms with van der Waals surface area (Å²) in [6.45, 7) is 0.129. The summed E-state index contributed by atoms with van der Waals surface area (Å²) in [6, 6.07) is 18.6. The van der Waals surface area contributed by atoms with Crippen molar-refractivity contribution >= 4 is 15.9 Å². The SMILES string of the molecule is O=C(NS(=O)(=O)c1cc(F)ccc1F)c1cn(Cc2ccccc2-c2ccccc2)cc(O)c1=O. The van der Waals surface area contributed by atoms with Crippen molar-refractivity contribution in [3.63, 3.8) is 0 Å². The number of nitrogens with one attached hydrogen (secondary N) is 1. The molecule has 0 saturated carbocycles. The number of carbonyl (C=O) groups excluding carboxylic acids is 1. The van der Waals surface area contributed by atoms with E-state index in [-0.39, 0.29) is 6.54 Å². The summed E-state index contributed by atoms with van der Waals surface area (Å²) in [4.78, 5) is 24.0. The first-order valence-electron chi connectivity index (χ1n) is 10.2. The van der Waals surface area contributed by atoms with Crippen molar-refractivity contribution in [3.8, 4) is 16.9 Å². The minimum atomic E-state index is -4.85. The highest BCUT2D eigenvalue weighted by Gasteiger charge is 2.25. The van der Waals surface area contributed by atoms with Crippen LogP contribution in [-0.2, 0) is 16.6 Å². The predicted molar refractivity (Wildman–Crippen MR) is 124 cm³/mol. The third-order valence-electron chi connectivity index (χ3n) is 5.17. The Morgan fingerprint density at radius 3 is 2.37 bits per heavy atom. The molecule has 0 bridgehead atoms. The quantitative estimate of drug-likeness (QED) is 0.424. The molecule has 0 aliphatic heterocycles. The summed E-state index contributed by atoms with van der Waals surface area (Å²) in [5.74, 6) is -4.50. The monoisotopic (exact) mass is 496 g/mol. The molecular weight excluding hydrogens is 478 g/mol. The Hall–Kier alpha value is -4.31. The minimum Gasteiger partial charge on any atom is -0.503 e. The van der Waals surface area contributed by atoms with Crippen LogP contribution in [0.1, 0.15) is 15.9 Å². The first-order valence-corrected chi connectivity index (χ1v) is 11.7. The van der Waals surface area contributed by atoms with Crippen LogP contribution in [-0.4, -0.2) is 24.0 Å². The molecule has 0 fully saturated rings. The largest absolute Gasteiger partial charge is 0.503 e. The molecule has 4 aromatic rings. The number of pyridine rings is 1. The number of hydrogen-bond donors (Lipinski definition) is 2. The Kier molecular flexibility index (Phi) is 6.48. The van der Waals surface area contributed by atoms with Gasteiger partial charge in [-0.3, -0.25) is 9.59 Å². The molecule has 1 amide bonds. The number of benzene rings is 3. The van der Waals surface area contributed by atoms with Gasteiger partial charge in [-0.05, 0) is 34.9 Å². The molecule has 0 unspecified atom stereocenters. The number of hydrogen-bond acceptors (Lipinski definition) is 5. The second-order valence-electron chi connectivity index (χ2n) is 7.59. The van der Waals surface area contributed by atoms with Gasteiger partial charge in [-0.15, -0.1) is 0 Å². The third-order valence-corrected chi connectivity index (χ3v) is 6.52. The zero-order valence-electron chi connectivity index (χ0n) is 18.0. The molecule has 7 nitrogen and oxygen atoms in total. The Balaban J connectivity index is 1.68. The van der Waals surface area contributed by atoms with Crippen LogP contribution >= 0.6 is 0 Å². The molecule has 2 N–H and O–H groups in total. The van der Waals surface area contributed by atoms with Crippen LogP contribution in [0.2, 0.25) is 0 Å². The van der Waals surface area contributed by atoms with Gasteiger partial charge in [0.2, 0.25) is 5.43 Å². The van der Waals surface area contributed by atoms with Gasteiger partial charge in [0.25, 0.3) is 15.9 Å². The van der Waals surface area contributed by atoms with E-state index in [4.69, 9.17) is 0 Å². The number of rotatable bonds is 6. The molecule has 0 saturated heterocycles. The molecule has 1 aromatic heterocycles. The predicted octanol–water partition coefficient (Wildman–Crippen LogP) is 3.67. The van der Waals surface area contributed by atoms with Crippen LogP contribution in [0.25, 0.3) is 11.1 Å². The second-order valence-corrected chi connectivity index (χ2v) is 9.24. The molecule has 0 atom stereocenters. The second kappa shape index (κ2) is 9.51. The summed E-state index contributed by atoms with van der Waals surface area (Å²) in [6.07, 6.45) is 2.19. The first kappa shape index (κ1) is 23.8. The molecule has 10 heteroatoms. The molecule has 0 spiro atoms. The third kappa shape index (κ3) is 5.12. The van der Waals surface area contributed by atoms with E-state index in [0.717, 1.165) is 35.2 Å². The van der Waals surface area contributed by atoms with Crippen molar-refractivity contribution in [2.45, 2.75) is 11.4 Å². The summed E-state index contributed by atoms with van der Waals surface area (Å²) >= 11 is 0. The molecular formula is C25H18F2N2O5S. The van der Waals surface area contributed by atoms with Gasteiger partial charge in [0, 0.05) is 12.7 Å². The van der Waals surface area contributed by atoms with E-state index in [1.807, 2.05) is 48.5 Å². The normalized spacial score (nSPS) is 11.3. The summed E-state index contributed by atoms with van der Waals surface area (Å²) < 4.78 is 55.2. The van der Waals surface area contributed by atoms with Crippen LogP contribution in [0.15, 0.2) is 94.9 Å². The van der Waals surface area contributed by atoms with Crippen LogP contribution in [0, 0.1) is 11.6 Å². The number of aromatic nitrogens is 1. The fraction of sp³-hybridized carbons (Fsp3) is 0.0400. The van der Waals surface area contributed by atoms with Crippen molar-refractivity contribution in [3.05, 3.63) is 118 Å². The van der Waals surface area contributed by atoms with Crippen LogP contribution in [0.4, 0.5) is 8.78 Å². The van der Waals surface area contributed by atoms with Gasteiger partial charge in [-0.1, -0.05) is 54.6 Å². The van der Waals surface area contributed by atoms with E-state index < -0.39 is 49.2 Å². The molecule has 0 aliphatic carbocycles. The highest BCUT2D eigenvalue weighted by molar-refractivity contribution is 7.90. The zero-order chi connectivity index (χ0) is 25.2. The number of carbonyl (C=O) groups is 1. The van der Waals surface area contributed by atoms with Crippen molar-refractivity contribution in [2.24, 2.45) is 0 Å². The smallest absolute Gasteiger partial charge is 0.270 e. The standard InChI is InChI=1S/C25H18F2N2O5S/c26-18-10-11-21(27)23(12-18)35(33,34)28-25(32)20-14-29(15-22(30)24(20)31)13-17-8-4-5-9-19(17)16-6-2-1-3-7-16/h1-12,14-15,30H,13H2,(H,28,32). The molecule has 4 rings (SSSR count). The number of amides is 1. The molecule has 0 radical (unpaired) electrons. The Morgan fingerprint density at radius 1 is 0.943 bits per heavy atom. The molecule has 1 heterocycles. The number of halogens is 2. The number of nitrogens with zero attached hydrogens (tertiary/aromatic N) is 1. The lowest BCUT2D eigenvalue weighted by molar-refractivity contribution is 0.0979.